The second-order valence-corrected chi connectivity index (χ2v) is 7.61. The van der Waals surface area contributed by atoms with E-state index in [-0.39, 0.29) is 24.0 Å². The van der Waals surface area contributed by atoms with Crippen LogP contribution in [-0.4, -0.2) is 47.1 Å². The van der Waals surface area contributed by atoms with E-state index < -0.39 is 0 Å². The van der Waals surface area contributed by atoms with E-state index in [1.54, 1.807) is 37.0 Å². The number of anilines is 1. The molecule has 0 bridgehead atoms. The van der Waals surface area contributed by atoms with Crippen molar-refractivity contribution in [3.8, 4) is 11.5 Å². The van der Waals surface area contributed by atoms with E-state index in [0.29, 0.717) is 35.2 Å². The molecule has 1 aromatic carbocycles. The van der Waals surface area contributed by atoms with Gasteiger partial charge in [0.15, 0.2) is 0 Å². The second kappa shape index (κ2) is 9.80. The van der Waals surface area contributed by atoms with Crippen LogP contribution in [0.5, 0.6) is 11.5 Å². The van der Waals surface area contributed by atoms with Gasteiger partial charge < -0.3 is 19.9 Å². The predicted octanol–water partition coefficient (Wildman–Crippen LogP) is 1.86. The van der Waals surface area contributed by atoms with Crippen LogP contribution < -0.4 is 20.5 Å². The van der Waals surface area contributed by atoms with Crippen molar-refractivity contribution in [3.05, 3.63) is 39.9 Å². The van der Waals surface area contributed by atoms with Gasteiger partial charge >= 0.3 is 5.69 Å². The van der Waals surface area contributed by atoms with Crippen LogP contribution in [0.4, 0.5) is 5.69 Å². The molecule has 0 unspecified atom stereocenters. The van der Waals surface area contributed by atoms with Gasteiger partial charge in [-0.15, -0.1) is 0 Å². The van der Waals surface area contributed by atoms with Crippen molar-refractivity contribution >= 4 is 23.4 Å². The number of aliphatic hydroxyl groups is 1. The summed E-state index contributed by atoms with van der Waals surface area (Å²) in [4.78, 5) is 29.0. The molecule has 0 saturated heterocycles. The third-order valence-corrected chi connectivity index (χ3v) is 5.73. The van der Waals surface area contributed by atoms with Crippen molar-refractivity contribution in [1.29, 1.82) is 0 Å². The first-order valence-electron chi connectivity index (χ1n) is 9.45. The van der Waals surface area contributed by atoms with E-state index in [0.717, 1.165) is 30.5 Å². The average molecular weight is 420 g/mol. The Morgan fingerprint density at radius 2 is 1.97 bits per heavy atom. The van der Waals surface area contributed by atoms with Gasteiger partial charge in [0.2, 0.25) is 5.91 Å². The minimum absolute atomic E-state index is 0.0347. The van der Waals surface area contributed by atoms with Gasteiger partial charge in [-0.25, -0.2) is 4.79 Å². The van der Waals surface area contributed by atoms with Gasteiger partial charge in [-0.3, -0.25) is 9.36 Å². The summed E-state index contributed by atoms with van der Waals surface area (Å²) in [6, 6.07) is 5.15. The number of thioether (sulfide) groups is 1. The fraction of sp³-hybridized carbons (Fsp3) is 0.450. The minimum Gasteiger partial charge on any atom is -0.497 e. The molecular formula is C20H25N3O5S. The number of hydrogen-bond donors (Lipinski definition) is 2. The lowest BCUT2D eigenvalue weighted by molar-refractivity contribution is -0.113. The van der Waals surface area contributed by atoms with E-state index in [2.05, 4.69) is 10.3 Å². The molecule has 1 heterocycles. The molecule has 0 aliphatic heterocycles. The number of nitrogens with zero attached hydrogens (tertiary/aromatic N) is 2. The first-order valence-corrected chi connectivity index (χ1v) is 10.4. The highest BCUT2D eigenvalue weighted by atomic mass is 32.2. The highest BCUT2D eigenvalue weighted by Gasteiger charge is 2.22. The summed E-state index contributed by atoms with van der Waals surface area (Å²) >= 11 is 1.27. The van der Waals surface area contributed by atoms with Crippen LogP contribution in [0.1, 0.15) is 24.1 Å². The maximum Gasteiger partial charge on any atom is 0.348 e. The molecule has 0 radical (unpaired) electrons. The van der Waals surface area contributed by atoms with E-state index in [9.17, 15) is 9.59 Å². The summed E-state index contributed by atoms with van der Waals surface area (Å²) in [5.41, 5.74) is 2.28. The van der Waals surface area contributed by atoms with Crippen LogP contribution >= 0.6 is 11.8 Å². The van der Waals surface area contributed by atoms with Gasteiger partial charge in [0.05, 0.1) is 20.0 Å². The zero-order chi connectivity index (χ0) is 20.8. The lowest BCUT2D eigenvalue weighted by atomic mass is 10.2. The number of carbonyl (C=O) groups is 1. The van der Waals surface area contributed by atoms with Gasteiger partial charge in [0.1, 0.15) is 16.5 Å². The maximum atomic E-state index is 12.4. The number of hydrogen-bond acceptors (Lipinski definition) is 7. The quantitative estimate of drug-likeness (QED) is 0.472. The molecule has 0 fully saturated rings. The van der Waals surface area contributed by atoms with Gasteiger partial charge in [0, 0.05) is 48.3 Å². The molecule has 1 amide bonds. The molecule has 156 valence electrons. The van der Waals surface area contributed by atoms with Crippen molar-refractivity contribution in [3.63, 3.8) is 0 Å². The Morgan fingerprint density at radius 3 is 2.62 bits per heavy atom. The number of carbonyl (C=O) groups excluding carboxylic acids is 1. The number of rotatable bonds is 9. The maximum absolute atomic E-state index is 12.4. The van der Waals surface area contributed by atoms with Crippen LogP contribution in [0.3, 0.4) is 0 Å². The monoisotopic (exact) mass is 419 g/mol. The Kier molecular flexibility index (Phi) is 7.16. The molecule has 1 aliphatic carbocycles. The van der Waals surface area contributed by atoms with Gasteiger partial charge in [-0.2, -0.15) is 4.98 Å². The first-order chi connectivity index (χ1) is 14.0. The van der Waals surface area contributed by atoms with Gasteiger partial charge in [-0.05, 0) is 25.7 Å². The van der Waals surface area contributed by atoms with E-state index in [1.807, 2.05) is 0 Å². The van der Waals surface area contributed by atoms with Crippen molar-refractivity contribution in [2.75, 3.05) is 31.9 Å². The van der Waals surface area contributed by atoms with E-state index in [1.165, 1.54) is 11.8 Å². The molecule has 8 nitrogen and oxygen atoms in total. The normalized spacial score (nSPS) is 12.5. The zero-order valence-electron chi connectivity index (χ0n) is 16.6. The Balaban J connectivity index is 1.70. The number of nitrogens with one attached hydrogen (secondary N) is 1. The number of benzene rings is 1. The summed E-state index contributed by atoms with van der Waals surface area (Å²) in [5.74, 6) is 1.10. The topological polar surface area (TPSA) is 103 Å². The third-order valence-electron chi connectivity index (χ3n) is 4.72. The summed E-state index contributed by atoms with van der Waals surface area (Å²) in [6.07, 6.45) is 3.15. The van der Waals surface area contributed by atoms with Crippen LogP contribution in [0.2, 0.25) is 0 Å². The predicted molar refractivity (Wildman–Crippen MR) is 111 cm³/mol. The molecule has 1 aliphatic rings. The van der Waals surface area contributed by atoms with Crippen LogP contribution in [0, 0.1) is 0 Å². The largest absolute Gasteiger partial charge is 0.497 e. The molecule has 2 N–H and O–H groups in total. The van der Waals surface area contributed by atoms with Crippen LogP contribution in [0.15, 0.2) is 28.0 Å². The lowest BCUT2D eigenvalue weighted by Gasteiger charge is -2.14. The molecule has 1 aromatic heterocycles. The first kappa shape index (κ1) is 21.2. The molecule has 0 spiro atoms. The lowest BCUT2D eigenvalue weighted by Crippen LogP contribution is -2.28. The van der Waals surface area contributed by atoms with Crippen molar-refractivity contribution < 1.29 is 19.4 Å². The standard InChI is InChI=1S/C20H25N3O5S/c1-27-14-9-13(10-15(11-14)28-2)21-18(25)12-29-19-16-5-3-6-17(16)23(7-4-8-24)20(26)22-19/h9-11,24H,3-8,12H2,1-2H3,(H,21,25). The van der Waals surface area contributed by atoms with Gasteiger partial charge in [0.25, 0.3) is 0 Å². The number of fused-ring (bicyclic) bond motifs is 1. The van der Waals surface area contributed by atoms with E-state index >= 15 is 0 Å². The highest BCUT2D eigenvalue weighted by Crippen LogP contribution is 2.30. The highest BCUT2D eigenvalue weighted by molar-refractivity contribution is 8.00. The summed E-state index contributed by atoms with van der Waals surface area (Å²) < 4.78 is 12.1. The van der Waals surface area contributed by atoms with Crippen molar-refractivity contribution in [2.45, 2.75) is 37.3 Å². The Hall–Kier alpha value is -2.52. The summed E-state index contributed by atoms with van der Waals surface area (Å²) in [7, 11) is 3.09. The number of aromatic nitrogens is 2. The minimum atomic E-state index is -0.320. The Labute approximate surface area is 173 Å². The fourth-order valence-corrected chi connectivity index (χ4v) is 4.25. The summed E-state index contributed by atoms with van der Waals surface area (Å²) in [5, 5.41) is 12.5. The number of aliphatic hydroxyl groups excluding tert-OH is 1. The SMILES string of the molecule is COc1cc(NC(=O)CSc2nc(=O)n(CCCO)c3c2CCC3)cc(OC)c1. The molecule has 2 aromatic rings. The van der Waals surface area contributed by atoms with Crippen LogP contribution in [0.25, 0.3) is 0 Å². The van der Waals surface area contributed by atoms with Crippen LogP contribution in [-0.2, 0) is 24.2 Å². The zero-order valence-corrected chi connectivity index (χ0v) is 17.4. The third kappa shape index (κ3) is 5.10. The van der Waals surface area contributed by atoms with E-state index in [4.69, 9.17) is 14.6 Å². The molecular weight excluding hydrogens is 394 g/mol. The summed E-state index contributed by atoms with van der Waals surface area (Å²) in [6.45, 7) is 0.501. The smallest absolute Gasteiger partial charge is 0.348 e. The molecule has 0 saturated carbocycles. The molecule has 9 heteroatoms. The Bertz CT molecular complexity index is 922. The Morgan fingerprint density at radius 1 is 1.24 bits per heavy atom. The van der Waals surface area contributed by atoms with Gasteiger partial charge in [-0.1, -0.05) is 11.8 Å². The number of amides is 1. The molecule has 3 rings (SSSR count). The molecule has 29 heavy (non-hydrogen) atoms. The second-order valence-electron chi connectivity index (χ2n) is 6.65. The number of ether oxygens (including phenoxy) is 2. The average Bonchev–Trinajstić information content (AvgIpc) is 3.21. The van der Waals surface area contributed by atoms with Crippen molar-refractivity contribution in [1.82, 2.24) is 9.55 Å². The number of methoxy groups -OCH3 is 2. The fourth-order valence-electron chi connectivity index (χ4n) is 3.38. The molecule has 0 atom stereocenters. The van der Waals surface area contributed by atoms with Crippen molar-refractivity contribution in [2.24, 2.45) is 0 Å².